The van der Waals surface area contributed by atoms with Crippen LogP contribution in [-0.4, -0.2) is 48.5 Å². The zero-order chi connectivity index (χ0) is 25.1. The molecule has 0 atom stereocenters. The predicted molar refractivity (Wildman–Crippen MR) is 136 cm³/mol. The van der Waals surface area contributed by atoms with E-state index in [4.69, 9.17) is 13.9 Å². The number of rotatable bonds is 9. The molecule has 2 heterocycles. The van der Waals surface area contributed by atoms with Crippen LogP contribution in [0.25, 0.3) is 33.6 Å². The summed E-state index contributed by atoms with van der Waals surface area (Å²) in [6.45, 7) is 1.05. The predicted octanol–water partition coefficient (Wildman–Crippen LogP) is 5.27. The smallest absolute Gasteiger partial charge is 0.405 e. The number of amides is 1. The molecule has 2 aromatic carbocycles. The van der Waals surface area contributed by atoms with Gasteiger partial charge in [0.05, 0.1) is 19.3 Å². The zero-order valence-corrected chi connectivity index (χ0v) is 20.2. The van der Waals surface area contributed by atoms with Gasteiger partial charge in [-0.15, -0.1) is 0 Å². The monoisotopic (exact) mass is 488 g/mol. The van der Waals surface area contributed by atoms with Crippen LogP contribution in [0, 0.1) is 0 Å². The average molecular weight is 489 g/mol. The fourth-order valence-electron chi connectivity index (χ4n) is 4.71. The summed E-state index contributed by atoms with van der Waals surface area (Å²) in [4.78, 5) is 20.5. The van der Waals surface area contributed by atoms with Gasteiger partial charge in [-0.2, -0.15) is 9.97 Å². The maximum absolute atomic E-state index is 11.4. The van der Waals surface area contributed by atoms with Gasteiger partial charge in [0.25, 0.3) is 0 Å². The summed E-state index contributed by atoms with van der Waals surface area (Å²) in [7, 11) is 3.21. The minimum absolute atomic E-state index is 0.387. The van der Waals surface area contributed by atoms with Crippen LogP contribution >= 0.6 is 0 Å². The first-order valence-corrected chi connectivity index (χ1v) is 11.8. The van der Waals surface area contributed by atoms with Crippen molar-refractivity contribution in [1.82, 2.24) is 15.3 Å². The third-order valence-electron chi connectivity index (χ3n) is 6.62. The van der Waals surface area contributed by atoms with Crippen molar-refractivity contribution in [3.05, 3.63) is 60.2 Å². The molecule has 5 rings (SSSR count). The molecule has 0 bridgehead atoms. The van der Waals surface area contributed by atoms with Gasteiger partial charge in [0, 0.05) is 24.8 Å². The first-order chi connectivity index (χ1) is 17.5. The van der Waals surface area contributed by atoms with E-state index in [2.05, 4.69) is 20.6 Å². The van der Waals surface area contributed by atoms with E-state index >= 15 is 0 Å². The highest BCUT2D eigenvalue weighted by Gasteiger charge is 2.40. The topological polar surface area (TPSA) is 119 Å². The molecule has 3 N–H and O–H groups in total. The number of hydrogen-bond acceptors (Lipinski definition) is 7. The largest absolute Gasteiger partial charge is 0.480 e. The lowest BCUT2D eigenvalue weighted by molar-refractivity contribution is 0.144. The summed E-state index contributed by atoms with van der Waals surface area (Å²) in [6, 6.07) is 17.7. The molecule has 1 aliphatic carbocycles. The Kier molecular flexibility index (Phi) is 6.47. The maximum Gasteiger partial charge on any atom is 0.405 e. The number of ether oxygens (including phenoxy) is 2. The highest BCUT2D eigenvalue weighted by atomic mass is 16.5. The van der Waals surface area contributed by atoms with Crippen molar-refractivity contribution in [2.75, 3.05) is 32.7 Å². The second-order valence-corrected chi connectivity index (χ2v) is 8.77. The van der Waals surface area contributed by atoms with E-state index in [9.17, 15) is 9.90 Å². The maximum atomic E-state index is 11.4. The van der Waals surface area contributed by atoms with E-state index in [-0.39, 0.29) is 0 Å². The Morgan fingerprint density at radius 2 is 1.81 bits per heavy atom. The standard InChI is InChI=1S/C27H28N4O5/c1-34-16-15-28-25-29-23(35-2)21-20(17-7-4-3-5-8-17)22(36-24(21)30-25)18-9-11-19(12-10-18)27(13-6-14-27)31-26(32)33/h3-5,7-12,31H,6,13-16H2,1-2H3,(H,32,33)(H,28,29,30). The molecule has 4 aromatic rings. The summed E-state index contributed by atoms with van der Waals surface area (Å²) < 4.78 is 17.1. The number of fused-ring (bicyclic) bond motifs is 1. The molecule has 1 amide bonds. The van der Waals surface area contributed by atoms with Gasteiger partial charge in [0.1, 0.15) is 11.1 Å². The van der Waals surface area contributed by atoms with Crippen molar-refractivity contribution in [2.24, 2.45) is 0 Å². The second kappa shape index (κ2) is 9.87. The highest BCUT2D eigenvalue weighted by molar-refractivity contribution is 6.03. The first kappa shape index (κ1) is 23.6. The van der Waals surface area contributed by atoms with E-state index in [0.717, 1.165) is 41.5 Å². The van der Waals surface area contributed by atoms with Gasteiger partial charge in [-0.25, -0.2) is 4.79 Å². The molecule has 1 fully saturated rings. The van der Waals surface area contributed by atoms with E-state index < -0.39 is 11.6 Å². The lowest BCUT2D eigenvalue weighted by Crippen LogP contribution is -2.50. The summed E-state index contributed by atoms with van der Waals surface area (Å²) in [5.41, 5.74) is 3.44. The van der Waals surface area contributed by atoms with Gasteiger partial charge in [-0.05, 0) is 30.4 Å². The lowest BCUT2D eigenvalue weighted by Gasteiger charge is -2.42. The molecular formula is C27H28N4O5. The number of anilines is 1. The average Bonchev–Trinajstić information content (AvgIpc) is 3.26. The first-order valence-electron chi connectivity index (χ1n) is 11.8. The molecule has 0 radical (unpaired) electrons. The lowest BCUT2D eigenvalue weighted by atomic mass is 9.72. The van der Waals surface area contributed by atoms with Crippen LogP contribution in [0.3, 0.4) is 0 Å². The molecule has 0 unspecified atom stereocenters. The van der Waals surface area contributed by atoms with Crippen LogP contribution in [0.5, 0.6) is 5.88 Å². The number of furan rings is 1. The van der Waals surface area contributed by atoms with Gasteiger partial charge in [-0.1, -0.05) is 54.6 Å². The molecule has 1 aliphatic rings. The Bertz CT molecular complexity index is 1360. The molecule has 9 nitrogen and oxygen atoms in total. The van der Waals surface area contributed by atoms with Gasteiger partial charge >= 0.3 is 6.09 Å². The number of aromatic nitrogens is 2. The number of carbonyl (C=O) groups is 1. The van der Waals surface area contributed by atoms with Crippen LogP contribution in [0.2, 0.25) is 0 Å². The van der Waals surface area contributed by atoms with Crippen molar-refractivity contribution < 1.29 is 23.8 Å². The SMILES string of the molecule is COCCNc1nc(OC)c2c(-c3ccccc3)c(-c3ccc(C4(NC(=O)O)CCC4)cc3)oc2n1. The summed E-state index contributed by atoms with van der Waals surface area (Å²) in [5.74, 6) is 1.43. The van der Waals surface area contributed by atoms with Crippen LogP contribution in [0.15, 0.2) is 59.0 Å². The number of benzene rings is 2. The third-order valence-corrected chi connectivity index (χ3v) is 6.62. The fraction of sp³-hybridized carbons (Fsp3) is 0.296. The van der Waals surface area contributed by atoms with Crippen molar-refractivity contribution >= 4 is 23.1 Å². The number of nitrogens with zero attached hydrogens (tertiary/aromatic N) is 2. The van der Waals surface area contributed by atoms with Crippen LogP contribution < -0.4 is 15.4 Å². The molecular weight excluding hydrogens is 460 g/mol. The van der Waals surface area contributed by atoms with Crippen LogP contribution in [-0.2, 0) is 10.3 Å². The zero-order valence-electron chi connectivity index (χ0n) is 20.2. The van der Waals surface area contributed by atoms with Crippen LogP contribution in [0.1, 0.15) is 24.8 Å². The normalized spacial score (nSPS) is 14.3. The molecule has 186 valence electrons. The quantitative estimate of drug-likeness (QED) is 0.273. The van der Waals surface area contributed by atoms with Gasteiger partial charge in [-0.3, -0.25) is 0 Å². The van der Waals surface area contributed by atoms with Crippen molar-refractivity contribution in [2.45, 2.75) is 24.8 Å². The molecule has 36 heavy (non-hydrogen) atoms. The summed E-state index contributed by atoms with van der Waals surface area (Å²) in [5, 5.41) is 15.9. The minimum Gasteiger partial charge on any atom is -0.480 e. The van der Waals surface area contributed by atoms with E-state index in [0.29, 0.717) is 41.8 Å². The van der Waals surface area contributed by atoms with Gasteiger partial charge < -0.3 is 29.6 Å². The third kappa shape index (κ3) is 4.33. The Balaban J connectivity index is 1.62. The molecule has 0 spiro atoms. The Morgan fingerprint density at radius 1 is 1.06 bits per heavy atom. The number of nitrogens with one attached hydrogen (secondary N) is 2. The van der Waals surface area contributed by atoms with Crippen molar-refractivity contribution in [3.63, 3.8) is 0 Å². The highest BCUT2D eigenvalue weighted by Crippen LogP contribution is 2.45. The number of hydrogen-bond donors (Lipinski definition) is 3. The minimum atomic E-state index is -1.01. The summed E-state index contributed by atoms with van der Waals surface area (Å²) in [6.07, 6.45) is 1.54. The Labute approximate surface area is 208 Å². The molecule has 2 aromatic heterocycles. The van der Waals surface area contributed by atoms with Crippen molar-refractivity contribution in [3.8, 4) is 28.3 Å². The van der Waals surface area contributed by atoms with Crippen molar-refractivity contribution in [1.29, 1.82) is 0 Å². The number of carboxylic acid groups (broad SMARTS) is 1. The Hall–Kier alpha value is -4.11. The Morgan fingerprint density at radius 3 is 2.42 bits per heavy atom. The molecule has 9 heteroatoms. The van der Waals surface area contributed by atoms with E-state index in [1.54, 1.807) is 14.2 Å². The van der Waals surface area contributed by atoms with E-state index in [1.165, 1.54) is 0 Å². The van der Waals surface area contributed by atoms with Gasteiger partial charge in [0.2, 0.25) is 17.5 Å². The van der Waals surface area contributed by atoms with E-state index in [1.807, 2.05) is 54.6 Å². The molecule has 0 saturated heterocycles. The second-order valence-electron chi connectivity index (χ2n) is 8.77. The molecule has 1 saturated carbocycles. The van der Waals surface area contributed by atoms with Gasteiger partial charge in [0.15, 0.2) is 0 Å². The van der Waals surface area contributed by atoms with Crippen LogP contribution in [0.4, 0.5) is 10.7 Å². The fourth-order valence-corrected chi connectivity index (χ4v) is 4.71. The molecule has 0 aliphatic heterocycles. The summed E-state index contributed by atoms with van der Waals surface area (Å²) >= 11 is 0. The number of methoxy groups -OCH3 is 2.